The molecule has 2 nitrogen and oxygen atoms in total. The van der Waals surface area contributed by atoms with E-state index < -0.39 is 0 Å². The van der Waals surface area contributed by atoms with Crippen LogP contribution in [-0.2, 0) is 0 Å². The van der Waals surface area contributed by atoms with Crippen molar-refractivity contribution in [2.75, 3.05) is 18.0 Å². The summed E-state index contributed by atoms with van der Waals surface area (Å²) in [5, 5.41) is 0. The fourth-order valence-corrected chi connectivity index (χ4v) is 2.61. The summed E-state index contributed by atoms with van der Waals surface area (Å²) in [5.74, 6) is 0.180. The summed E-state index contributed by atoms with van der Waals surface area (Å²) in [6.07, 6.45) is 2.48. The lowest BCUT2D eigenvalue weighted by Crippen LogP contribution is -2.21. The van der Waals surface area contributed by atoms with Gasteiger partial charge in [0.25, 0.3) is 0 Å². The molecule has 0 atom stereocenters. The van der Waals surface area contributed by atoms with Gasteiger partial charge in [0.1, 0.15) is 0 Å². The van der Waals surface area contributed by atoms with E-state index in [-0.39, 0.29) is 5.78 Å². The molecule has 1 aliphatic rings. The van der Waals surface area contributed by atoms with Crippen molar-refractivity contribution in [3.63, 3.8) is 0 Å². The van der Waals surface area contributed by atoms with Gasteiger partial charge in [-0.25, -0.2) is 0 Å². The minimum Gasteiger partial charge on any atom is -0.371 e. The SMILES string of the molecule is CC(=O)c1c(C)cc(C)cc1N1CCCC1. The van der Waals surface area contributed by atoms with Crippen molar-refractivity contribution >= 4 is 11.5 Å². The maximum atomic E-state index is 11.7. The van der Waals surface area contributed by atoms with Crippen LogP contribution in [0.25, 0.3) is 0 Å². The number of hydrogen-bond donors (Lipinski definition) is 0. The van der Waals surface area contributed by atoms with Crippen LogP contribution in [0.2, 0.25) is 0 Å². The third-order valence-corrected chi connectivity index (χ3v) is 3.26. The highest BCUT2D eigenvalue weighted by atomic mass is 16.1. The van der Waals surface area contributed by atoms with Crippen LogP contribution in [0.5, 0.6) is 0 Å². The second-order valence-electron chi connectivity index (χ2n) is 4.73. The third-order valence-electron chi connectivity index (χ3n) is 3.26. The summed E-state index contributed by atoms with van der Waals surface area (Å²) in [7, 11) is 0. The van der Waals surface area contributed by atoms with Crippen molar-refractivity contribution < 1.29 is 4.79 Å². The molecule has 86 valence electrons. The largest absolute Gasteiger partial charge is 0.371 e. The molecule has 0 radical (unpaired) electrons. The molecule has 2 heteroatoms. The normalized spacial score (nSPS) is 15.6. The molecule has 0 aliphatic carbocycles. The molecule has 0 saturated carbocycles. The fourth-order valence-electron chi connectivity index (χ4n) is 2.61. The molecule has 1 heterocycles. The monoisotopic (exact) mass is 217 g/mol. The first-order valence-electron chi connectivity index (χ1n) is 5.96. The van der Waals surface area contributed by atoms with Gasteiger partial charge in [0.05, 0.1) is 0 Å². The second kappa shape index (κ2) is 4.28. The third kappa shape index (κ3) is 1.97. The number of benzene rings is 1. The molecular weight excluding hydrogens is 198 g/mol. The van der Waals surface area contributed by atoms with E-state index in [1.54, 1.807) is 6.92 Å². The maximum Gasteiger partial charge on any atom is 0.162 e. The summed E-state index contributed by atoms with van der Waals surface area (Å²) >= 11 is 0. The number of nitrogens with zero attached hydrogens (tertiary/aromatic N) is 1. The molecule has 0 bridgehead atoms. The Morgan fingerprint density at radius 2 is 1.81 bits per heavy atom. The van der Waals surface area contributed by atoms with Crippen molar-refractivity contribution in [1.82, 2.24) is 0 Å². The average molecular weight is 217 g/mol. The average Bonchev–Trinajstić information content (AvgIpc) is 2.67. The Kier molecular flexibility index (Phi) is 2.99. The summed E-state index contributed by atoms with van der Waals surface area (Å²) in [6.45, 7) is 7.96. The molecule has 1 aromatic carbocycles. The van der Waals surface area contributed by atoms with Gasteiger partial charge in [0.2, 0.25) is 0 Å². The van der Waals surface area contributed by atoms with Crippen LogP contribution in [0, 0.1) is 13.8 Å². The lowest BCUT2D eigenvalue weighted by molar-refractivity contribution is 0.101. The highest BCUT2D eigenvalue weighted by Gasteiger charge is 2.19. The molecule has 1 aromatic rings. The number of anilines is 1. The standard InChI is InChI=1S/C14H19NO/c1-10-8-11(2)14(12(3)16)13(9-10)15-6-4-5-7-15/h8-9H,4-7H2,1-3H3. The summed E-state index contributed by atoms with van der Waals surface area (Å²) in [5.41, 5.74) is 4.40. The predicted octanol–water partition coefficient (Wildman–Crippen LogP) is 3.11. The molecule has 0 spiro atoms. The summed E-state index contributed by atoms with van der Waals surface area (Å²) in [4.78, 5) is 14.1. The van der Waals surface area contributed by atoms with E-state index in [4.69, 9.17) is 0 Å². The quantitative estimate of drug-likeness (QED) is 0.709. The van der Waals surface area contributed by atoms with Gasteiger partial charge in [-0.2, -0.15) is 0 Å². The van der Waals surface area contributed by atoms with Crippen molar-refractivity contribution in [2.45, 2.75) is 33.6 Å². The predicted molar refractivity (Wildman–Crippen MR) is 67.4 cm³/mol. The molecule has 0 amide bonds. The highest BCUT2D eigenvalue weighted by molar-refractivity contribution is 6.01. The van der Waals surface area contributed by atoms with Crippen LogP contribution < -0.4 is 4.90 Å². The van der Waals surface area contributed by atoms with E-state index in [9.17, 15) is 4.79 Å². The van der Waals surface area contributed by atoms with Gasteiger partial charge in [-0.05, 0) is 50.8 Å². The van der Waals surface area contributed by atoms with E-state index in [0.717, 1.165) is 29.9 Å². The van der Waals surface area contributed by atoms with Gasteiger partial charge in [-0.3, -0.25) is 4.79 Å². The number of ketones is 1. The Balaban J connectivity index is 2.52. The number of carbonyl (C=O) groups is 1. The van der Waals surface area contributed by atoms with Crippen molar-refractivity contribution in [3.05, 3.63) is 28.8 Å². The zero-order valence-electron chi connectivity index (χ0n) is 10.3. The van der Waals surface area contributed by atoms with Gasteiger partial charge in [0.15, 0.2) is 5.78 Å². The van der Waals surface area contributed by atoms with E-state index >= 15 is 0 Å². The Labute approximate surface area is 97.3 Å². The van der Waals surface area contributed by atoms with Crippen molar-refractivity contribution in [2.24, 2.45) is 0 Å². The van der Waals surface area contributed by atoms with E-state index in [1.165, 1.54) is 18.4 Å². The minimum atomic E-state index is 0.180. The first kappa shape index (κ1) is 11.2. The molecule has 0 aromatic heterocycles. The van der Waals surface area contributed by atoms with Crippen molar-refractivity contribution in [1.29, 1.82) is 0 Å². The highest BCUT2D eigenvalue weighted by Crippen LogP contribution is 2.28. The Bertz CT molecular complexity index is 417. The van der Waals surface area contributed by atoms with Crippen LogP contribution in [0.15, 0.2) is 12.1 Å². The molecule has 2 rings (SSSR count). The van der Waals surface area contributed by atoms with Gasteiger partial charge in [0, 0.05) is 24.3 Å². The zero-order chi connectivity index (χ0) is 11.7. The van der Waals surface area contributed by atoms with E-state index in [0.29, 0.717) is 0 Å². The Morgan fingerprint density at radius 3 is 2.38 bits per heavy atom. The topological polar surface area (TPSA) is 20.3 Å². The molecule has 1 aliphatic heterocycles. The number of Topliss-reactive ketones (excluding diaryl/α,β-unsaturated/α-hetero) is 1. The summed E-state index contributed by atoms with van der Waals surface area (Å²) < 4.78 is 0. The molecule has 1 fully saturated rings. The van der Waals surface area contributed by atoms with Crippen LogP contribution >= 0.6 is 0 Å². The van der Waals surface area contributed by atoms with E-state index in [1.807, 2.05) is 6.92 Å². The Morgan fingerprint density at radius 1 is 1.19 bits per heavy atom. The van der Waals surface area contributed by atoms with Crippen LogP contribution in [0.1, 0.15) is 41.3 Å². The van der Waals surface area contributed by atoms with Gasteiger partial charge in [-0.15, -0.1) is 0 Å². The first-order chi connectivity index (χ1) is 7.59. The van der Waals surface area contributed by atoms with E-state index in [2.05, 4.69) is 24.0 Å². The number of hydrogen-bond acceptors (Lipinski definition) is 2. The lowest BCUT2D eigenvalue weighted by atomic mass is 9.99. The molecule has 0 N–H and O–H groups in total. The molecular formula is C14H19NO. The first-order valence-corrected chi connectivity index (χ1v) is 5.96. The molecule has 0 unspecified atom stereocenters. The van der Waals surface area contributed by atoms with Crippen LogP contribution in [0.4, 0.5) is 5.69 Å². The maximum absolute atomic E-state index is 11.7. The van der Waals surface area contributed by atoms with Crippen LogP contribution in [-0.4, -0.2) is 18.9 Å². The number of carbonyl (C=O) groups excluding carboxylic acids is 1. The van der Waals surface area contributed by atoms with Gasteiger partial charge in [-0.1, -0.05) is 6.07 Å². The molecule has 16 heavy (non-hydrogen) atoms. The minimum absolute atomic E-state index is 0.180. The molecule has 1 saturated heterocycles. The lowest BCUT2D eigenvalue weighted by Gasteiger charge is -2.22. The van der Waals surface area contributed by atoms with Crippen LogP contribution in [0.3, 0.4) is 0 Å². The van der Waals surface area contributed by atoms with Gasteiger partial charge >= 0.3 is 0 Å². The second-order valence-corrected chi connectivity index (χ2v) is 4.73. The zero-order valence-corrected chi connectivity index (χ0v) is 10.3. The van der Waals surface area contributed by atoms with Gasteiger partial charge < -0.3 is 4.90 Å². The smallest absolute Gasteiger partial charge is 0.162 e. The van der Waals surface area contributed by atoms with Crippen molar-refractivity contribution in [3.8, 4) is 0 Å². The summed E-state index contributed by atoms with van der Waals surface area (Å²) in [6, 6.07) is 4.24. The fraction of sp³-hybridized carbons (Fsp3) is 0.500. The number of rotatable bonds is 2. The Hall–Kier alpha value is -1.31. The number of aryl methyl sites for hydroxylation is 2.